The first-order valence-electron chi connectivity index (χ1n) is 5.79. The van der Waals surface area contributed by atoms with Crippen molar-refractivity contribution in [2.24, 2.45) is 51.2 Å². The summed E-state index contributed by atoms with van der Waals surface area (Å²) in [7, 11) is 0. The van der Waals surface area contributed by atoms with Crippen molar-refractivity contribution in [3.05, 3.63) is 0 Å². The van der Waals surface area contributed by atoms with Gasteiger partial charge in [-0.2, -0.15) is 0 Å². The summed E-state index contributed by atoms with van der Waals surface area (Å²) in [6.45, 7) is 0. The zero-order chi connectivity index (χ0) is 9.95. The van der Waals surface area contributed by atoms with Crippen molar-refractivity contribution in [1.82, 2.24) is 0 Å². The number of nitrogens with zero attached hydrogens (tertiary/aromatic N) is 2. The minimum atomic E-state index is 0.156. The van der Waals surface area contributed by atoms with E-state index < -0.39 is 0 Å². The SMILES string of the molecule is O/N=C1/[C@H]2[C@@H]3C[C@]14[C@H]3[C@H]1C[C@H]2/C(=N\O)[C@H]14. The van der Waals surface area contributed by atoms with E-state index in [1.807, 2.05) is 0 Å². The molecule has 78 valence electrons. The molecule has 4 nitrogen and oxygen atoms in total. The molecule has 0 aromatic carbocycles. The molecule has 7 aliphatic rings. The van der Waals surface area contributed by atoms with Gasteiger partial charge in [0.15, 0.2) is 0 Å². The molecule has 0 aliphatic heterocycles. The molecule has 7 bridgehead atoms. The molecule has 7 fully saturated rings. The molecule has 0 aromatic rings. The van der Waals surface area contributed by atoms with Gasteiger partial charge in [-0.3, -0.25) is 0 Å². The fraction of sp³-hybridized carbons (Fsp3) is 0.818. The maximum absolute atomic E-state index is 9.18. The van der Waals surface area contributed by atoms with Gasteiger partial charge in [-0.1, -0.05) is 10.3 Å². The van der Waals surface area contributed by atoms with E-state index in [9.17, 15) is 5.21 Å². The van der Waals surface area contributed by atoms with E-state index in [2.05, 4.69) is 10.3 Å². The van der Waals surface area contributed by atoms with Gasteiger partial charge in [-0.05, 0) is 30.6 Å². The smallest absolute Gasteiger partial charge is 0.0682 e. The van der Waals surface area contributed by atoms with Crippen molar-refractivity contribution in [3.8, 4) is 0 Å². The zero-order valence-electron chi connectivity index (χ0n) is 8.17. The molecule has 0 radical (unpaired) electrons. The van der Waals surface area contributed by atoms with E-state index in [4.69, 9.17) is 5.21 Å². The van der Waals surface area contributed by atoms with E-state index in [1.54, 1.807) is 0 Å². The Hall–Kier alpha value is -1.06. The predicted octanol–water partition coefficient (Wildman–Crippen LogP) is 1.18. The Labute approximate surface area is 86.6 Å². The molecular weight excluding hydrogens is 192 g/mol. The molecule has 7 saturated carbocycles. The summed E-state index contributed by atoms with van der Waals surface area (Å²) in [4.78, 5) is 0. The number of rotatable bonds is 0. The summed E-state index contributed by atoms with van der Waals surface area (Å²) >= 11 is 0. The monoisotopic (exact) mass is 204 g/mol. The van der Waals surface area contributed by atoms with Gasteiger partial charge in [0.2, 0.25) is 0 Å². The minimum Gasteiger partial charge on any atom is -0.411 e. The first kappa shape index (κ1) is 7.25. The first-order chi connectivity index (χ1) is 7.34. The highest BCUT2D eigenvalue weighted by molar-refractivity contribution is 6.13. The van der Waals surface area contributed by atoms with Crippen LogP contribution < -0.4 is 0 Å². The van der Waals surface area contributed by atoms with Crippen LogP contribution in [0, 0.1) is 40.9 Å². The lowest BCUT2D eigenvalue weighted by atomic mass is 9.38. The van der Waals surface area contributed by atoms with Crippen LogP contribution in [0.3, 0.4) is 0 Å². The van der Waals surface area contributed by atoms with E-state index in [1.165, 1.54) is 12.8 Å². The predicted molar refractivity (Wildman–Crippen MR) is 51.1 cm³/mol. The summed E-state index contributed by atoms with van der Waals surface area (Å²) in [5.74, 6) is 3.51. The Balaban J connectivity index is 1.84. The second-order valence-corrected chi connectivity index (χ2v) is 5.95. The third-order valence-corrected chi connectivity index (χ3v) is 6.21. The summed E-state index contributed by atoms with van der Waals surface area (Å²) in [5, 5.41) is 25.4. The highest BCUT2D eigenvalue weighted by Gasteiger charge is 2.88. The molecule has 0 saturated heterocycles. The molecular formula is C11H12N2O2. The lowest BCUT2D eigenvalue weighted by Crippen LogP contribution is -2.64. The molecule has 1 spiro atoms. The fourth-order valence-corrected chi connectivity index (χ4v) is 6.20. The van der Waals surface area contributed by atoms with Crippen molar-refractivity contribution in [1.29, 1.82) is 0 Å². The topological polar surface area (TPSA) is 65.2 Å². The lowest BCUT2D eigenvalue weighted by Gasteiger charge is -2.64. The van der Waals surface area contributed by atoms with Gasteiger partial charge < -0.3 is 10.4 Å². The maximum atomic E-state index is 9.18. The molecule has 0 amide bonds. The van der Waals surface area contributed by atoms with Crippen LogP contribution in [0.5, 0.6) is 0 Å². The average molecular weight is 204 g/mol. The maximum Gasteiger partial charge on any atom is 0.0682 e. The third-order valence-electron chi connectivity index (χ3n) is 6.21. The quantitative estimate of drug-likeness (QED) is 0.459. The van der Waals surface area contributed by atoms with Crippen LogP contribution in [0.25, 0.3) is 0 Å². The molecule has 7 rings (SSSR count). The van der Waals surface area contributed by atoms with E-state index in [0.717, 1.165) is 29.2 Å². The number of oxime groups is 2. The Morgan fingerprint density at radius 2 is 2.07 bits per heavy atom. The summed E-state index contributed by atoms with van der Waals surface area (Å²) in [6.07, 6.45) is 2.37. The van der Waals surface area contributed by atoms with Gasteiger partial charge in [0.1, 0.15) is 0 Å². The molecule has 2 N–H and O–H groups in total. The zero-order valence-corrected chi connectivity index (χ0v) is 8.17. The standard InChI is InChI=1S/C11H12N2O2/c14-12-9-3-1-4-7-5-2-11(7,8(4)9)10(13-15)6(3)5/h3-8,14-15H,1-2H2/b12-9+,13-10-/t3-,4-,5+,6-,7+,8+,11-/m1/s1. The van der Waals surface area contributed by atoms with E-state index in [0.29, 0.717) is 17.8 Å². The van der Waals surface area contributed by atoms with Crippen molar-refractivity contribution >= 4 is 11.4 Å². The van der Waals surface area contributed by atoms with Crippen LogP contribution in [0.4, 0.5) is 0 Å². The van der Waals surface area contributed by atoms with Gasteiger partial charge in [0.05, 0.1) is 11.4 Å². The minimum absolute atomic E-state index is 0.156. The Kier molecular flexibility index (Phi) is 0.822. The highest BCUT2D eigenvalue weighted by Crippen LogP contribution is 2.87. The number of hydrogen-bond acceptors (Lipinski definition) is 4. The summed E-state index contributed by atoms with van der Waals surface area (Å²) in [5.41, 5.74) is 2.26. The van der Waals surface area contributed by atoms with Gasteiger partial charge in [0.25, 0.3) is 0 Å². The molecule has 7 atom stereocenters. The van der Waals surface area contributed by atoms with Gasteiger partial charge in [-0.15, -0.1) is 0 Å². The van der Waals surface area contributed by atoms with Crippen LogP contribution >= 0.6 is 0 Å². The van der Waals surface area contributed by atoms with E-state index in [-0.39, 0.29) is 5.41 Å². The summed E-state index contributed by atoms with van der Waals surface area (Å²) < 4.78 is 0. The molecule has 0 unspecified atom stereocenters. The molecule has 7 aliphatic carbocycles. The molecule has 0 aromatic heterocycles. The van der Waals surface area contributed by atoms with Crippen LogP contribution in [-0.2, 0) is 0 Å². The van der Waals surface area contributed by atoms with Gasteiger partial charge >= 0.3 is 0 Å². The van der Waals surface area contributed by atoms with Gasteiger partial charge in [0, 0.05) is 23.2 Å². The van der Waals surface area contributed by atoms with Crippen LogP contribution in [0.1, 0.15) is 12.8 Å². The molecule has 4 heteroatoms. The van der Waals surface area contributed by atoms with Crippen molar-refractivity contribution in [3.63, 3.8) is 0 Å². The largest absolute Gasteiger partial charge is 0.411 e. The Morgan fingerprint density at radius 3 is 2.80 bits per heavy atom. The third kappa shape index (κ3) is 0.404. The first-order valence-corrected chi connectivity index (χ1v) is 5.79. The fourth-order valence-electron chi connectivity index (χ4n) is 6.20. The second kappa shape index (κ2) is 1.70. The molecule has 0 heterocycles. The van der Waals surface area contributed by atoms with Crippen LogP contribution in [-0.4, -0.2) is 21.8 Å². The van der Waals surface area contributed by atoms with Crippen molar-refractivity contribution in [2.75, 3.05) is 0 Å². The van der Waals surface area contributed by atoms with Gasteiger partial charge in [-0.25, -0.2) is 0 Å². The van der Waals surface area contributed by atoms with Crippen molar-refractivity contribution < 1.29 is 10.4 Å². The molecule has 15 heavy (non-hydrogen) atoms. The highest BCUT2D eigenvalue weighted by atomic mass is 16.4. The second-order valence-electron chi connectivity index (χ2n) is 5.95. The van der Waals surface area contributed by atoms with E-state index >= 15 is 0 Å². The van der Waals surface area contributed by atoms with Crippen LogP contribution in [0.2, 0.25) is 0 Å². The Bertz CT molecular complexity index is 450. The van der Waals surface area contributed by atoms with Crippen LogP contribution in [0.15, 0.2) is 10.3 Å². The lowest BCUT2D eigenvalue weighted by molar-refractivity contribution is -0.151. The Morgan fingerprint density at radius 1 is 1.20 bits per heavy atom. The summed E-state index contributed by atoms with van der Waals surface area (Å²) in [6, 6.07) is 0. The van der Waals surface area contributed by atoms with Crippen molar-refractivity contribution in [2.45, 2.75) is 12.8 Å². The normalized spacial score (nSPS) is 71.2. The number of hydrogen-bond donors (Lipinski definition) is 2. The average Bonchev–Trinajstić information content (AvgIpc) is 2.64.